The van der Waals surface area contributed by atoms with Gasteiger partial charge in [-0.05, 0) is 48.4 Å². The number of hydrogen-bond acceptors (Lipinski definition) is 4. The van der Waals surface area contributed by atoms with Gasteiger partial charge in [-0.1, -0.05) is 24.3 Å². The van der Waals surface area contributed by atoms with Gasteiger partial charge in [0.2, 0.25) is 0 Å². The lowest BCUT2D eigenvalue weighted by Gasteiger charge is -2.37. The standard InChI is InChI=1S/C24H31N3O3/c1-29-21-9-10-23(30-2)22(14-21)25-24(28)27-12-5-6-18(16-27)15-26-13-11-19-7-3-4-8-20(19)17-26/h3-4,7-10,14,18H,5-6,11-13,15-17H2,1-2H3,(H,25,28)/t18-/m0/s1. The number of amides is 2. The van der Waals surface area contributed by atoms with Gasteiger partial charge in [0, 0.05) is 38.8 Å². The molecule has 1 fully saturated rings. The van der Waals surface area contributed by atoms with Crippen molar-refractivity contribution >= 4 is 11.7 Å². The Morgan fingerprint density at radius 1 is 1.10 bits per heavy atom. The van der Waals surface area contributed by atoms with Crippen LogP contribution in [0.15, 0.2) is 42.5 Å². The molecule has 0 unspecified atom stereocenters. The van der Waals surface area contributed by atoms with Gasteiger partial charge in [0.05, 0.1) is 19.9 Å². The van der Waals surface area contributed by atoms with E-state index in [1.807, 2.05) is 17.0 Å². The van der Waals surface area contributed by atoms with Gasteiger partial charge in [0.15, 0.2) is 0 Å². The Hall–Kier alpha value is -2.73. The Labute approximate surface area is 178 Å². The van der Waals surface area contributed by atoms with Crippen LogP contribution in [-0.4, -0.2) is 56.2 Å². The van der Waals surface area contributed by atoms with Crippen LogP contribution in [0, 0.1) is 5.92 Å². The van der Waals surface area contributed by atoms with Gasteiger partial charge in [0.1, 0.15) is 11.5 Å². The fraction of sp³-hybridized carbons (Fsp3) is 0.458. The van der Waals surface area contributed by atoms with Gasteiger partial charge < -0.3 is 19.7 Å². The van der Waals surface area contributed by atoms with Crippen molar-refractivity contribution < 1.29 is 14.3 Å². The molecule has 0 aliphatic carbocycles. The number of fused-ring (bicyclic) bond motifs is 1. The van der Waals surface area contributed by atoms with E-state index in [0.29, 0.717) is 23.1 Å². The molecule has 4 rings (SSSR count). The molecule has 2 aliphatic heterocycles. The van der Waals surface area contributed by atoms with Crippen LogP contribution in [0.1, 0.15) is 24.0 Å². The molecular weight excluding hydrogens is 378 g/mol. The molecule has 6 nitrogen and oxygen atoms in total. The van der Waals surface area contributed by atoms with Crippen LogP contribution < -0.4 is 14.8 Å². The van der Waals surface area contributed by atoms with Gasteiger partial charge in [-0.2, -0.15) is 0 Å². The van der Waals surface area contributed by atoms with Crippen LogP contribution in [0.3, 0.4) is 0 Å². The number of ether oxygens (including phenoxy) is 2. The van der Waals surface area contributed by atoms with Crippen molar-refractivity contribution in [1.29, 1.82) is 0 Å². The Bertz CT molecular complexity index is 886. The Morgan fingerprint density at radius 3 is 2.73 bits per heavy atom. The molecule has 0 radical (unpaired) electrons. The van der Waals surface area contributed by atoms with Gasteiger partial charge in [-0.25, -0.2) is 4.79 Å². The van der Waals surface area contributed by atoms with E-state index in [1.165, 1.54) is 17.5 Å². The van der Waals surface area contributed by atoms with Crippen molar-refractivity contribution in [2.45, 2.75) is 25.8 Å². The van der Waals surface area contributed by atoms with Gasteiger partial charge in [-0.3, -0.25) is 4.90 Å². The van der Waals surface area contributed by atoms with Crippen molar-refractivity contribution in [3.05, 3.63) is 53.6 Å². The number of nitrogens with one attached hydrogen (secondary N) is 1. The molecule has 0 bridgehead atoms. The highest BCUT2D eigenvalue weighted by atomic mass is 16.5. The summed E-state index contributed by atoms with van der Waals surface area (Å²) in [5.74, 6) is 1.82. The van der Waals surface area contributed by atoms with E-state index in [4.69, 9.17) is 9.47 Å². The van der Waals surface area contributed by atoms with Gasteiger partial charge >= 0.3 is 6.03 Å². The average Bonchev–Trinajstić information content (AvgIpc) is 2.79. The summed E-state index contributed by atoms with van der Waals surface area (Å²) >= 11 is 0. The van der Waals surface area contributed by atoms with Crippen molar-refractivity contribution in [1.82, 2.24) is 9.80 Å². The quantitative estimate of drug-likeness (QED) is 0.811. The molecule has 0 saturated carbocycles. The smallest absolute Gasteiger partial charge is 0.321 e. The van der Waals surface area contributed by atoms with Gasteiger partial charge in [-0.15, -0.1) is 0 Å². The first-order valence-electron chi connectivity index (χ1n) is 10.7. The third-order valence-electron chi connectivity index (χ3n) is 6.18. The van der Waals surface area contributed by atoms with Crippen LogP contribution in [0.25, 0.3) is 0 Å². The molecule has 2 aromatic carbocycles. The number of hydrogen-bond donors (Lipinski definition) is 1. The zero-order valence-electron chi connectivity index (χ0n) is 17.9. The first-order valence-corrected chi connectivity index (χ1v) is 10.7. The number of urea groups is 1. The van der Waals surface area contributed by atoms with Crippen LogP contribution in [0.2, 0.25) is 0 Å². The fourth-order valence-corrected chi connectivity index (χ4v) is 4.58. The molecule has 2 amide bonds. The molecule has 0 aromatic heterocycles. The number of likely N-dealkylation sites (tertiary alicyclic amines) is 1. The number of benzene rings is 2. The first kappa shape index (κ1) is 20.5. The molecule has 2 aromatic rings. The minimum Gasteiger partial charge on any atom is -0.497 e. The Kier molecular flexibility index (Phi) is 6.43. The van der Waals surface area contributed by atoms with E-state index in [1.54, 1.807) is 20.3 Å². The summed E-state index contributed by atoms with van der Waals surface area (Å²) in [5.41, 5.74) is 3.56. The van der Waals surface area contributed by atoms with Crippen molar-refractivity contribution in [3.8, 4) is 11.5 Å². The molecule has 1 atom stereocenters. The molecular formula is C24H31N3O3. The number of nitrogens with zero attached hydrogens (tertiary/aromatic N) is 2. The van der Waals surface area contributed by atoms with E-state index >= 15 is 0 Å². The number of piperidine rings is 1. The summed E-state index contributed by atoms with van der Waals surface area (Å²) in [6, 6.07) is 14.1. The molecule has 0 spiro atoms. The SMILES string of the molecule is COc1ccc(OC)c(NC(=O)N2CCC[C@@H](CN3CCc4ccccc4C3)C2)c1. The van der Waals surface area contributed by atoms with E-state index < -0.39 is 0 Å². The van der Waals surface area contributed by atoms with E-state index in [2.05, 4.69) is 34.5 Å². The van der Waals surface area contributed by atoms with Crippen molar-refractivity contribution in [2.24, 2.45) is 5.92 Å². The second-order valence-corrected chi connectivity index (χ2v) is 8.20. The maximum atomic E-state index is 12.9. The number of carbonyl (C=O) groups is 1. The maximum absolute atomic E-state index is 12.9. The van der Waals surface area contributed by atoms with Crippen molar-refractivity contribution in [2.75, 3.05) is 45.7 Å². The molecule has 1 saturated heterocycles. The Balaban J connectivity index is 1.35. The van der Waals surface area contributed by atoms with Crippen LogP contribution in [0.4, 0.5) is 10.5 Å². The monoisotopic (exact) mass is 409 g/mol. The number of carbonyl (C=O) groups excluding carboxylic acids is 1. The summed E-state index contributed by atoms with van der Waals surface area (Å²) in [6.45, 7) is 4.73. The number of methoxy groups -OCH3 is 2. The summed E-state index contributed by atoms with van der Waals surface area (Å²) in [6.07, 6.45) is 3.32. The predicted octanol–water partition coefficient (Wildman–Crippen LogP) is 4.01. The molecule has 2 aliphatic rings. The van der Waals surface area contributed by atoms with Crippen LogP contribution in [0.5, 0.6) is 11.5 Å². The fourth-order valence-electron chi connectivity index (χ4n) is 4.58. The highest BCUT2D eigenvalue weighted by molar-refractivity contribution is 5.91. The first-order chi connectivity index (χ1) is 14.7. The lowest BCUT2D eigenvalue weighted by atomic mass is 9.95. The van der Waals surface area contributed by atoms with E-state index in [9.17, 15) is 4.79 Å². The third-order valence-corrected chi connectivity index (χ3v) is 6.18. The van der Waals surface area contributed by atoms with Gasteiger partial charge in [0.25, 0.3) is 0 Å². The molecule has 6 heteroatoms. The largest absolute Gasteiger partial charge is 0.497 e. The molecule has 2 heterocycles. The minimum atomic E-state index is -0.0738. The summed E-state index contributed by atoms with van der Waals surface area (Å²) < 4.78 is 10.7. The number of anilines is 1. The average molecular weight is 410 g/mol. The van der Waals surface area contributed by atoms with Crippen molar-refractivity contribution in [3.63, 3.8) is 0 Å². The molecule has 1 N–H and O–H groups in total. The van der Waals surface area contributed by atoms with E-state index in [-0.39, 0.29) is 6.03 Å². The summed E-state index contributed by atoms with van der Waals surface area (Å²) in [4.78, 5) is 17.4. The second kappa shape index (κ2) is 9.39. The van der Waals surface area contributed by atoms with E-state index in [0.717, 1.165) is 45.6 Å². The van der Waals surface area contributed by atoms with Crippen LogP contribution >= 0.6 is 0 Å². The van der Waals surface area contributed by atoms with Crippen LogP contribution in [-0.2, 0) is 13.0 Å². The third kappa shape index (κ3) is 4.70. The summed E-state index contributed by atoms with van der Waals surface area (Å²) in [7, 11) is 3.22. The molecule has 160 valence electrons. The Morgan fingerprint density at radius 2 is 1.93 bits per heavy atom. The lowest BCUT2D eigenvalue weighted by molar-refractivity contribution is 0.140. The zero-order valence-corrected chi connectivity index (χ0v) is 17.9. The normalized spacial score (nSPS) is 19.1. The molecule has 30 heavy (non-hydrogen) atoms. The topological polar surface area (TPSA) is 54.0 Å². The lowest BCUT2D eigenvalue weighted by Crippen LogP contribution is -2.46. The summed E-state index contributed by atoms with van der Waals surface area (Å²) in [5, 5.41) is 3.01. The maximum Gasteiger partial charge on any atom is 0.321 e. The second-order valence-electron chi connectivity index (χ2n) is 8.20. The predicted molar refractivity (Wildman–Crippen MR) is 118 cm³/mol. The highest BCUT2D eigenvalue weighted by Crippen LogP contribution is 2.30. The minimum absolute atomic E-state index is 0.0738. The number of rotatable bonds is 5. The highest BCUT2D eigenvalue weighted by Gasteiger charge is 2.27. The zero-order chi connectivity index (χ0) is 20.9.